The number of nitrogens with one attached hydrogen (secondary N) is 2. The van der Waals surface area contributed by atoms with E-state index in [9.17, 15) is 57.9 Å². The van der Waals surface area contributed by atoms with Crippen LogP contribution in [-0.4, -0.2) is 145 Å². The Bertz CT molecular complexity index is 1860. The number of carboxylic acids is 1. The van der Waals surface area contributed by atoms with Crippen LogP contribution in [0.2, 0.25) is 0 Å². The van der Waals surface area contributed by atoms with Gasteiger partial charge in [-0.3, -0.25) is 37.3 Å². The highest BCUT2D eigenvalue weighted by Gasteiger charge is 2.50. The molecule has 12 N–H and O–H groups in total. The second kappa shape index (κ2) is 21.3. The molecule has 57 heavy (non-hydrogen) atoms. The molecule has 27 nitrogen and oxygen atoms in total. The number of hydrogen-bond acceptors (Lipinski definition) is 20. The number of aromatic nitrogens is 4. The lowest BCUT2D eigenvalue weighted by atomic mass is 9.87. The molecule has 324 valence electrons. The van der Waals surface area contributed by atoms with Crippen molar-refractivity contribution in [2.75, 3.05) is 37.8 Å². The summed E-state index contributed by atoms with van der Waals surface area (Å²) in [6.07, 6.45) is -8.15. The van der Waals surface area contributed by atoms with Crippen molar-refractivity contribution in [1.82, 2.24) is 30.2 Å². The second-order valence-electron chi connectivity index (χ2n) is 12.4. The molecule has 31 heteroatoms. The Labute approximate surface area is 327 Å². The third-order valence-corrected chi connectivity index (χ3v) is 11.2. The maximum atomic E-state index is 12.6. The Hall–Kier alpha value is -3.01. The SMILES string of the molecule is CC(=O)O.CC(O)C(=O)SCCNC(=O)CCNC(=O)[C@H](O)C(C)(C)COP(=O)(O)OP(=O)(O)OC[C@H]1O[C@@H](n2cnc3c(N)ncnc32)[C@H](O)[C@@H]1OP(=O)(O)O. The van der Waals surface area contributed by atoms with E-state index in [-0.39, 0.29) is 42.2 Å². The van der Waals surface area contributed by atoms with Crippen LogP contribution >= 0.6 is 35.2 Å². The van der Waals surface area contributed by atoms with Crippen molar-refractivity contribution in [1.29, 1.82) is 0 Å². The number of nitrogen functional groups attached to an aromatic ring is 1. The number of imidazole rings is 1. The molecule has 3 unspecified atom stereocenters. The summed E-state index contributed by atoms with van der Waals surface area (Å²) in [4.78, 5) is 95.5. The van der Waals surface area contributed by atoms with Gasteiger partial charge in [0.15, 0.2) is 17.7 Å². The number of carbonyl (C=O) groups excluding carboxylic acids is 3. The Morgan fingerprint density at radius 3 is 2.25 bits per heavy atom. The molecule has 2 aromatic rings. The molecule has 2 amide bonds. The number of amides is 2. The minimum atomic E-state index is -5.57. The van der Waals surface area contributed by atoms with Crippen LogP contribution in [0, 0.1) is 5.41 Å². The number of aliphatic carboxylic acids is 1. The summed E-state index contributed by atoms with van der Waals surface area (Å²) in [5.41, 5.74) is 4.23. The number of carboxylic acid groups (broad SMARTS) is 1. The van der Waals surface area contributed by atoms with Crippen LogP contribution in [-0.2, 0) is 55.5 Å². The number of thioether (sulfide) groups is 1. The summed E-state index contributed by atoms with van der Waals surface area (Å²) in [5.74, 6) is -2.17. The maximum Gasteiger partial charge on any atom is 0.481 e. The van der Waals surface area contributed by atoms with Crippen molar-refractivity contribution in [2.24, 2.45) is 5.41 Å². The van der Waals surface area contributed by atoms with E-state index in [1.165, 1.54) is 20.8 Å². The van der Waals surface area contributed by atoms with Gasteiger partial charge in [-0.15, -0.1) is 0 Å². The zero-order valence-electron chi connectivity index (χ0n) is 30.5. The first-order valence-corrected chi connectivity index (χ1v) is 21.6. The summed E-state index contributed by atoms with van der Waals surface area (Å²) < 4.78 is 61.9. The van der Waals surface area contributed by atoms with E-state index in [1.807, 2.05) is 0 Å². The number of phosphoric acid groups is 3. The quantitative estimate of drug-likeness (QED) is 0.0512. The smallest absolute Gasteiger partial charge is 0.481 e. The fraction of sp³-hybridized carbons (Fsp3) is 0.654. The highest BCUT2D eigenvalue weighted by molar-refractivity contribution is 8.13. The number of anilines is 1. The van der Waals surface area contributed by atoms with Gasteiger partial charge in [0, 0.05) is 37.6 Å². The number of fused-ring (bicyclic) bond motifs is 1. The van der Waals surface area contributed by atoms with Crippen molar-refractivity contribution in [3.05, 3.63) is 12.7 Å². The molecule has 0 aromatic carbocycles. The lowest BCUT2D eigenvalue weighted by Gasteiger charge is -2.30. The van der Waals surface area contributed by atoms with Crippen LogP contribution in [0.15, 0.2) is 12.7 Å². The molecule has 0 bridgehead atoms. The number of carbonyl (C=O) groups is 4. The van der Waals surface area contributed by atoms with Crippen LogP contribution < -0.4 is 16.4 Å². The summed E-state index contributed by atoms with van der Waals surface area (Å²) in [5, 5.41) is 42.2. The van der Waals surface area contributed by atoms with Gasteiger partial charge in [0.25, 0.3) is 5.97 Å². The summed E-state index contributed by atoms with van der Waals surface area (Å²) in [7, 11) is -16.4. The zero-order chi connectivity index (χ0) is 43.5. The predicted molar refractivity (Wildman–Crippen MR) is 192 cm³/mol. The molecule has 1 saturated heterocycles. The molecular weight excluding hydrogens is 855 g/mol. The Balaban J connectivity index is 0.00000267. The maximum absolute atomic E-state index is 12.6. The zero-order valence-corrected chi connectivity index (χ0v) is 34.0. The van der Waals surface area contributed by atoms with E-state index >= 15 is 0 Å². The van der Waals surface area contributed by atoms with E-state index in [4.69, 9.17) is 34.5 Å². The molecule has 8 atom stereocenters. The summed E-state index contributed by atoms with van der Waals surface area (Å²) >= 11 is 0.828. The van der Waals surface area contributed by atoms with Crippen LogP contribution in [0.5, 0.6) is 0 Å². The van der Waals surface area contributed by atoms with Gasteiger partial charge >= 0.3 is 23.5 Å². The van der Waals surface area contributed by atoms with Gasteiger partial charge in [-0.2, -0.15) is 4.31 Å². The molecule has 1 fully saturated rings. The third-order valence-electron chi connectivity index (χ3n) is 7.09. The molecule has 0 aliphatic carbocycles. The van der Waals surface area contributed by atoms with E-state index in [1.54, 1.807) is 0 Å². The molecule has 0 radical (unpaired) electrons. The monoisotopic (exact) mass is 899 g/mol. The number of hydrogen-bond donors (Lipinski definition) is 11. The highest BCUT2D eigenvalue weighted by Crippen LogP contribution is 2.61. The molecular formula is C26H44N7O20P3S. The first-order chi connectivity index (χ1) is 26.2. The molecule has 3 heterocycles. The molecule has 1 aliphatic rings. The molecule has 3 rings (SSSR count). The minimum absolute atomic E-state index is 0.0251. The third kappa shape index (κ3) is 16.6. The number of aliphatic hydroxyl groups excluding tert-OH is 3. The Kier molecular flexibility index (Phi) is 18.7. The van der Waals surface area contributed by atoms with Crippen molar-refractivity contribution in [3.63, 3.8) is 0 Å². The van der Waals surface area contributed by atoms with E-state index in [0.717, 1.165) is 35.9 Å². The molecule has 1 aliphatic heterocycles. The van der Waals surface area contributed by atoms with Gasteiger partial charge in [0.2, 0.25) is 16.9 Å². The number of nitrogens with two attached hydrogens (primary N) is 1. The predicted octanol–water partition coefficient (Wildman–Crippen LogP) is -1.86. The lowest BCUT2D eigenvalue weighted by molar-refractivity contribution is -0.137. The van der Waals surface area contributed by atoms with Crippen molar-refractivity contribution in [3.8, 4) is 0 Å². The first kappa shape index (κ1) is 50.1. The summed E-state index contributed by atoms with van der Waals surface area (Å²) in [6.45, 7) is 2.70. The van der Waals surface area contributed by atoms with Gasteiger partial charge in [-0.25, -0.2) is 28.6 Å². The standard InChI is InChI=1S/C24H40N7O18P3S.C2H4O2/c1-12(32)23(37)53-7-6-26-14(33)4-5-27-21(36)18(35)24(2,3)9-46-52(43,44)49-51(41,42)45-8-13-17(48-50(38,39)40)16(34)22(47-13)31-11-30-15-19(25)28-10-29-20(15)31;1-2(3)4/h10-13,16-18,22,32,34-35H,4-9H2,1-3H3,(H,26,33)(H,27,36)(H,41,42)(H,43,44)(H2,25,28,29)(H2,38,39,40);1H3,(H,3,4)/t12?,13-,16-,17-,18+,22-;/m1./s1. The van der Waals surface area contributed by atoms with Gasteiger partial charge < -0.3 is 61.1 Å². The number of phosphoric ester groups is 3. The van der Waals surface area contributed by atoms with Crippen molar-refractivity contribution in [2.45, 2.75) is 70.9 Å². The number of ether oxygens (including phenoxy) is 1. The normalized spacial score (nSPS) is 21.7. The van der Waals surface area contributed by atoms with E-state index < -0.39 is 102 Å². The van der Waals surface area contributed by atoms with Crippen LogP contribution in [0.25, 0.3) is 11.2 Å². The minimum Gasteiger partial charge on any atom is -0.481 e. The average Bonchev–Trinajstić information content (AvgIpc) is 3.64. The number of rotatable bonds is 20. The van der Waals surface area contributed by atoms with Gasteiger partial charge in [-0.1, -0.05) is 25.6 Å². The largest absolute Gasteiger partial charge is 0.481 e. The van der Waals surface area contributed by atoms with Crippen LogP contribution in [0.3, 0.4) is 0 Å². The molecule has 2 aromatic heterocycles. The molecule has 0 spiro atoms. The fourth-order valence-corrected chi connectivity index (χ4v) is 7.88. The second-order valence-corrected chi connectivity index (χ2v) is 17.8. The first-order valence-electron chi connectivity index (χ1n) is 16.1. The highest BCUT2D eigenvalue weighted by atomic mass is 32.2. The van der Waals surface area contributed by atoms with Gasteiger partial charge in [0.1, 0.15) is 42.4 Å². The lowest BCUT2D eigenvalue weighted by Crippen LogP contribution is -2.46. The Morgan fingerprint density at radius 1 is 1.04 bits per heavy atom. The van der Waals surface area contributed by atoms with E-state index in [2.05, 4.69) is 34.4 Å². The average molecular weight is 900 g/mol. The van der Waals surface area contributed by atoms with E-state index in [0.29, 0.717) is 0 Å². The van der Waals surface area contributed by atoms with Crippen molar-refractivity contribution < 1.29 is 95.5 Å². The van der Waals surface area contributed by atoms with Gasteiger partial charge in [-0.05, 0) is 6.92 Å². The number of aliphatic hydroxyl groups is 3. The molecule has 0 saturated carbocycles. The van der Waals surface area contributed by atoms with Gasteiger partial charge in [0.05, 0.1) is 19.5 Å². The van der Waals surface area contributed by atoms with Crippen LogP contribution in [0.1, 0.15) is 40.3 Å². The van der Waals surface area contributed by atoms with Crippen LogP contribution in [0.4, 0.5) is 5.82 Å². The van der Waals surface area contributed by atoms with Crippen molar-refractivity contribution >= 4 is 75.1 Å². The fourth-order valence-electron chi connectivity index (χ4n) is 4.40. The number of nitrogens with zero attached hydrogens (tertiary/aromatic N) is 4. The summed E-state index contributed by atoms with van der Waals surface area (Å²) in [6, 6.07) is 0. The topological polar surface area (TPSA) is 421 Å². The Morgan fingerprint density at radius 2 is 1.65 bits per heavy atom.